The molecule has 2 N–H and O–H groups in total. The summed E-state index contributed by atoms with van der Waals surface area (Å²) < 4.78 is 5.81. The van der Waals surface area contributed by atoms with Crippen molar-refractivity contribution in [1.82, 2.24) is 5.43 Å². The lowest BCUT2D eigenvalue weighted by molar-refractivity contribution is -0.119. The zero-order valence-electron chi connectivity index (χ0n) is 16.7. The summed E-state index contributed by atoms with van der Waals surface area (Å²) in [4.78, 5) is 12.0. The molecule has 0 aliphatic carbocycles. The highest BCUT2D eigenvalue weighted by molar-refractivity contribution is 5.84. The monoisotopic (exact) mass is 387 g/mol. The van der Waals surface area contributed by atoms with Crippen LogP contribution in [0.25, 0.3) is 0 Å². The third-order valence-corrected chi connectivity index (χ3v) is 4.42. The van der Waals surface area contributed by atoms with Gasteiger partial charge in [0.2, 0.25) is 0 Å². The van der Waals surface area contributed by atoms with Crippen LogP contribution in [0.15, 0.2) is 77.9 Å². The zero-order chi connectivity index (χ0) is 20.5. The molecule has 1 amide bonds. The van der Waals surface area contributed by atoms with Gasteiger partial charge in [0.1, 0.15) is 12.4 Å². The van der Waals surface area contributed by atoms with Crippen molar-refractivity contribution < 1.29 is 9.53 Å². The van der Waals surface area contributed by atoms with E-state index in [1.54, 1.807) is 6.21 Å². The molecule has 0 atom stereocenters. The summed E-state index contributed by atoms with van der Waals surface area (Å²) in [6.07, 6.45) is 1.60. The first kappa shape index (κ1) is 20.1. The summed E-state index contributed by atoms with van der Waals surface area (Å²) in [7, 11) is 0. The molecule has 5 nitrogen and oxygen atoms in total. The first-order valence-corrected chi connectivity index (χ1v) is 9.50. The molecule has 3 rings (SSSR count). The quantitative estimate of drug-likeness (QED) is 0.444. The van der Waals surface area contributed by atoms with E-state index in [0.717, 1.165) is 33.7 Å². The molecule has 29 heavy (non-hydrogen) atoms. The van der Waals surface area contributed by atoms with Crippen molar-refractivity contribution in [2.75, 3.05) is 11.9 Å². The first-order valence-electron chi connectivity index (χ1n) is 9.50. The van der Waals surface area contributed by atoms with Gasteiger partial charge >= 0.3 is 0 Å². The largest absolute Gasteiger partial charge is 0.489 e. The van der Waals surface area contributed by atoms with Crippen LogP contribution in [-0.4, -0.2) is 18.7 Å². The normalized spacial score (nSPS) is 10.7. The van der Waals surface area contributed by atoms with E-state index in [-0.39, 0.29) is 12.5 Å². The minimum absolute atomic E-state index is 0.156. The summed E-state index contributed by atoms with van der Waals surface area (Å²) in [6, 6.07) is 23.6. The minimum Gasteiger partial charge on any atom is -0.489 e. The van der Waals surface area contributed by atoms with Gasteiger partial charge in [0, 0.05) is 5.69 Å². The van der Waals surface area contributed by atoms with Crippen LogP contribution >= 0.6 is 0 Å². The van der Waals surface area contributed by atoms with Gasteiger partial charge in [0.15, 0.2) is 0 Å². The lowest BCUT2D eigenvalue weighted by atomic mass is 10.1. The highest BCUT2D eigenvalue weighted by atomic mass is 16.5. The van der Waals surface area contributed by atoms with Gasteiger partial charge in [-0.1, -0.05) is 60.7 Å². The van der Waals surface area contributed by atoms with Crippen LogP contribution in [0.2, 0.25) is 0 Å². The van der Waals surface area contributed by atoms with Crippen molar-refractivity contribution in [1.29, 1.82) is 0 Å². The first-order chi connectivity index (χ1) is 14.1. The van der Waals surface area contributed by atoms with Crippen LogP contribution in [-0.2, 0) is 11.4 Å². The van der Waals surface area contributed by atoms with E-state index < -0.39 is 0 Å². The maximum Gasteiger partial charge on any atom is 0.259 e. The molecular formula is C24H25N3O2. The van der Waals surface area contributed by atoms with Gasteiger partial charge in [-0.15, -0.1) is 0 Å². The molecule has 5 heteroatoms. The van der Waals surface area contributed by atoms with Crippen molar-refractivity contribution in [3.63, 3.8) is 0 Å². The van der Waals surface area contributed by atoms with Gasteiger partial charge in [0.25, 0.3) is 5.91 Å². The van der Waals surface area contributed by atoms with E-state index in [9.17, 15) is 4.79 Å². The third kappa shape index (κ3) is 6.21. The Hall–Kier alpha value is -3.60. The van der Waals surface area contributed by atoms with Gasteiger partial charge in [-0.05, 0) is 48.2 Å². The molecule has 0 aliphatic rings. The van der Waals surface area contributed by atoms with Crippen molar-refractivity contribution >= 4 is 17.8 Å². The van der Waals surface area contributed by atoms with Gasteiger partial charge in [-0.25, -0.2) is 5.43 Å². The van der Waals surface area contributed by atoms with Crippen LogP contribution in [0.4, 0.5) is 5.69 Å². The molecule has 148 valence electrons. The zero-order valence-corrected chi connectivity index (χ0v) is 16.7. The number of ether oxygens (including phenoxy) is 1. The average molecular weight is 387 g/mol. The number of hydrazone groups is 1. The Bertz CT molecular complexity index is 964. The molecule has 0 saturated carbocycles. The molecule has 0 saturated heterocycles. The lowest BCUT2D eigenvalue weighted by Crippen LogP contribution is -2.26. The lowest BCUT2D eigenvalue weighted by Gasteiger charge is -2.11. The number of carbonyl (C=O) groups excluding carboxylic acids is 1. The highest BCUT2D eigenvalue weighted by Gasteiger charge is 2.04. The van der Waals surface area contributed by atoms with Gasteiger partial charge < -0.3 is 10.1 Å². The molecule has 3 aromatic carbocycles. The Kier molecular flexibility index (Phi) is 7.00. The van der Waals surface area contributed by atoms with E-state index in [4.69, 9.17) is 4.74 Å². The number of benzene rings is 3. The molecule has 0 aliphatic heterocycles. The summed E-state index contributed by atoms with van der Waals surface area (Å²) in [5, 5.41) is 7.20. The number of nitrogens with zero attached hydrogens (tertiary/aromatic N) is 1. The average Bonchev–Trinajstić information content (AvgIpc) is 2.73. The number of carbonyl (C=O) groups is 1. The van der Waals surface area contributed by atoms with E-state index in [0.29, 0.717) is 6.61 Å². The number of amides is 1. The number of nitrogens with one attached hydrogen (secondary N) is 2. The van der Waals surface area contributed by atoms with Crippen molar-refractivity contribution in [2.24, 2.45) is 5.10 Å². The van der Waals surface area contributed by atoms with Crippen LogP contribution in [0.3, 0.4) is 0 Å². The second-order valence-electron chi connectivity index (χ2n) is 6.76. The van der Waals surface area contributed by atoms with Crippen LogP contribution < -0.4 is 15.5 Å². The Morgan fingerprint density at radius 1 is 0.966 bits per heavy atom. The number of rotatable bonds is 8. The number of anilines is 1. The van der Waals surface area contributed by atoms with Crippen molar-refractivity contribution in [2.45, 2.75) is 20.5 Å². The summed E-state index contributed by atoms with van der Waals surface area (Å²) in [6.45, 7) is 4.68. The summed E-state index contributed by atoms with van der Waals surface area (Å²) >= 11 is 0. The number of hydrogen-bond acceptors (Lipinski definition) is 4. The number of hydrogen-bond donors (Lipinski definition) is 2. The smallest absolute Gasteiger partial charge is 0.259 e. The molecule has 0 aromatic heterocycles. The highest BCUT2D eigenvalue weighted by Crippen LogP contribution is 2.18. The molecule has 3 aromatic rings. The van der Waals surface area contributed by atoms with Gasteiger partial charge in [0.05, 0.1) is 12.8 Å². The molecule has 0 radical (unpaired) electrons. The SMILES string of the molecule is Cc1cccc(C)c1NCC(=O)N/N=C/c1cccc(OCc2ccccc2)c1. The van der Waals surface area contributed by atoms with E-state index >= 15 is 0 Å². The molecule has 0 unspecified atom stereocenters. The minimum atomic E-state index is -0.208. The Balaban J connectivity index is 1.49. The van der Waals surface area contributed by atoms with Crippen LogP contribution in [0.5, 0.6) is 5.75 Å². The van der Waals surface area contributed by atoms with Gasteiger partial charge in [-0.2, -0.15) is 5.10 Å². The van der Waals surface area contributed by atoms with Crippen molar-refractivity contribution in [3.8, 4) is 5.75 Å². The molecular weight excluding hydrogens is 362 g/mol. The van der Waals surface area contributed by atoms with E-state index in [1.807, 2.05) is 86.6 Å². The summed E-state index contributed by atoms with van der Waals surface area (Å²) in [5.41, 5.74) is 7.69. The second kappa shape index (κ2) is 10.1. The van der Waals surface area contributed by atoms with E-state index in [2.05, 4.69) is 15.8 Å². The summed E-state index contributed by atoms with van der Waals surface area (Å²) in [5.74, 6) is 0.543. The second-order valence-corrected chi connectivity index (χ2v) is 6.76. The van der Waals surface area contributed by atoms with Crippen LogP contribution in [0, 0.1) is 13.8 Å². The molecule has 0 spiro atoms. The fraction of sp³-hybridized carbons (Fsp3) is 0.167. The predicted molar refractivity (Wildman–Crippen MR) is 117 cm³/mol. The fourth-order valence-corrected chi connectivity index (χ4v) is 2.91. The molecule has 0 heterocycles. The van der Waals surface area contributed by atoms with Gasteiger partial charge in [-0.3, -0.25) is 4.79 Å². The van der Waals surface area contributed by atoms with E-state index in [1.165, 1.54) is 0 Å². The Morgan fingerprint density at radius 3 is 2.45 bits per heavy atom. The molecule has 0 fully saturated rings. The standard InChI is InChI=1S/C24H25N3O2/c1-18-8-6-9-19(2)24(18)25-16-23(28)27-26-15-21-12-7-13-22(14-21)29-17-20-10-4-3-5-11-20/h3-15,25H,16-17H2,1-2H3,(H,27,28)/b26-15+. The van der Waals surface area contributed by atoms with Crippen LogP contribution in [0.1, 0.15) is 22.3 Å². The number of para-hydroxylation sites is 1. The predicted octanol–water partition coefficient (Wildman–Crippen LogP) is 4.44. The fourth-order valence-electron chi connectivity index (χ4n) is 2.91. The third-order valence-electron chi connectivity index (χ3n) is 4.42. The number of aryl methyl sites for hydroxylation is 2. The Morgan fingerprint density at radius 2 is 1.69 bits per heavy atom. The maximum absolute atomic E-state index is 12.0. The maximum atomic E-state index is 12.0. The topological polar surface area (TPSA) is 62.7 Å². The Labute approximate surface area is 171 Å². The van der Waals surface area contributed by atoms with Crippen molar-refractivity contribution in [3.05, 3.63) is 95.1 Å². The molecule has 0 bridgehead atoms.